The van der Waals surface area contributed by atoms with E-state index in [9.17, 15) is 0 Å². The van der Waals surface area contributed by atoms with E-state index < -0.39 is 0 Å². The minimum Gasteiger partial charge on any atom is -0.367 e. The third-order valence-electron chi connectivity index (χ3n) is 3.59. The molecule has 2 N–H and O–H groups in total. The third-order valence-corrected chi connectivity index (χ3v) is 3.59. The van der Waals surface area contributed by atoms with E-state index in [0.29, 0.717) is 6.04 Å². The number of H-pyrrole nitrogens is 1. The molecule has 1 aliphatic carbocycles. The van der Waals surface area contributed by atoms with Crippen LogP contribution < -0.4 is 5.32 Å². The molecule has 0 aliphatic heterocycles. The molecule has 1 heterocycles. The maximum atomic E-state index is 6.00. The highest BCUT2D eigenvalue weighted by Gasteiger charge is 2.38. The Kier molecular flexibility index (Phi) is 4.40. The summed E-state index contributed by atoms with van der Waals surface area (Å²) in [4.78, 5) is 7.98. The number of aromatic nitrogens is 2. The summed E-state index contributed by atoms with van der Waals surface area (Å²) in [5, 5.41) is 3.40. The first-order valence-electron chi connectivity index (χ1n) is 7.08. The number of hydrogen-bond donors (Lipinski definition) is 2. The van der Waals surface area contributed by atoms with Crippen molar-refractivity contribution in [3.8, 4) is 0 Å². The molecular weight excluding hydrogens is 226 g/mol. The lowest BCUT2D eigenvalue weighted by molar-refractivity contribution is -0.0451. The van der Waals surface area contributed by atoms with E-state index in [4.69, 9.17) is 4.74 Å². The summed E-state index contributed by atoms with van der Waals surface area (Å²) >= 11 is 0. The van der Waals surface area contributed by atoms with E-state index in [-0.39, 0.29) is 5.60 Å². The van der Waals surface area contributed by atoms with E-state index in [1.807, 2.05) is 6.20 Å². The van der Waals surface area contributed by atoms with Gasteiger partial charge in [-0.05, 0) is 32.6 Å². The van der Waals surface area contributed by atoms with Crippen LogP contribution in [-0.4, -0.2) is 22.6 Å². The van der Waals surface area contributed by atoms with Crippen LogP contribution in [0.4, 0.5) is 0 Å². The van der Waals surface area contributed by atoms with Crippen molar-refractivity contribution in [2.75, 3.05) is 6.61 Å². The van der Waals surface area contributed by atoms with Crippen LogP contribution >= 0.6 is 0 Å². The van der Waals surface area contributed by atoms with E-state index in [2.05, 4.69) is 36.1 Å². The maximum Gasteiger partial charge on any atom is 0.138 e. The Balaban J connectivity index is 2.07. The average molecular weight is 251 g/mol. The Labute approximate surface area is 110 Å². The highest BCUT2D eigenvalue weighted by atomic mass is 16.5. The van der Waals surface area contributed by atoms with Gasteiger partial charge in [-0.15, -0.1) is 0 Å². The molecule has 4 nitrogen and oxygen atoms in total. The van der Waals surface area contributed by atoms with Crippen molar-refractivity contribution < 1.29 is 4.74 Å². The second-order valence-corrected chi connectivity index (χ2v) is 5.43. The van der Waals surface area contributed by atoms with E-state index >= 15 is 0 Å². The molecule has 18 heavy (non-hydrogen) atoms. The number of imidazole rings is 1. The number of hydrogen-bond acceptors (Lipinski definition) is 3. The summed E-state index contributed by atoms with van der Waals surface area (Å²) in [6, 6.07) is 0.490. The lowest BCUT2D eigenvalue weighted by Gasteiger charge is -2.26. The molecule has 0 aromatic carbocycles. The largest absolute Gasteiger partial charge is 0.367 e. The van der Waals surface area contributed by atoms with Gasteiger partial charge in [0.25, 0.3) is 0 Å². The summed E-state index contributed by atoms with van der Waals surface area (Å²) < 4.78 is 6.00. The number of aromatic amines is 1. The third kappa shape index (κ3) is 2.93. The van der Waals surface area contributed by atoms with Gasteiger partial charge >= 0.3 is 0 Å². The molecule has 0 unspecified atom stereocenters. The minimum atomic E-state index is -0.148. The second kappa shape index (κ2) is 5.85. The van der Waals surface area contributed by atoms with Crippen molar-refractivity contribution in [3.05, 3.63) is 17.7 Å². The van der Waals surface area contributed by atoms with Crippen molar-refractivity contribution in [3.63, 3.8) is 0 Å². The van der Waals surface area contributed by atoms with Crippen LogP contribution in [0.1, 0.15) is 58.0 Å². The zero-order valence-electron chi connectivity index (χ0n) is 11.8. The quantitative estimate of drug-likeness (QED) is 0.817. The highest BCUT2D eigenvalue weighted by Crippen LogP contribution is 2.40. The van der Waals surface area contributed by atoms with Crippen LogP contribution in [0.5, 0.6) is 0 Å². The number of ether oxygens (including phenoxy) is 1. The van der Waals surface area contributed by atoms with Crippen LogP contribution in [0.3, 0.4) is 0 Å². The monoisotopic (exact) mass is 251 g/mol. The lowest BCUT2D eigenvalue weighted by atomic mass is 10.0. The fourth-order valence-corrected chi connectivity index (χ4v) is 2.67. The molecule has 1 saturated carbocycles. The van der Waals surface area contributed by atoms with Crippen LogP contribution in [0, 0.1) is 0 Å². The van der Waals surface area contributed by atoms with E-state index in [1.165, 1.54) is 12.8 Å². The summed E-state index contributed by atoms with van der Waals surface area (Å²) in [7, 11) is 0. The minimum absolute atomic E-state index is 0.148. The molecule has 4 heteroatoms. The zero-order chi connectivity index (χ0) is 13.0. The van der Waals surface area contributed by atoms with Crippen LogP contribution in [-0.2, 0) is 16.9 Å². The number of rotatable bonds is 6. The second-order valence-electron chi connectivity index (χ2n) is 5.43. The highest BCUT2D eigenvalue weighted by molar-refractivity contribution is 5.11. The van der Waals surface area contributed by atoms with Gasteiger partial charge in [-0.25, -0.2) is 4.98 Å². The number of nitrogens with zero attached hydrogens (tertiary/aromatic N) is 1. The van der Waals surface area contributed by atoms with E-state index in [1.54, 1.807) is 0 Å². The zero-order valence-corrected chi connectivity index (χ0v) is 11.8. The first kappa shape index (κ1) is 13.6. The normalized spacial score (nSPS) is 18.7. The first-order chi connectivity index (χ1) is 8.66. The first-order valence-corrected chi connectivity index (χ1v) is 7.08. The molecule has 0 bridgehead atoms. The SMILES string of the molecule is CCOC1(c2ncc(CNC(C)C)[nH]2)CCCC1. The summed E-state index contributed by atoms with van der Waals surface area (Å²) in [6.45, 7) is 7.95. The predicted octanol–water partition coefficient (Wildman–Crippen LogP) is 2.71. The Hall–Kier alpha value is -0.870. The van der Waals surface area contributed by atoms with Crippen molar-refractivity contribution in [1.82, 2.24) is 15.3 Å². The van der Waals surface area contributed by atoms with Crippen molar-refractivity contribution in [1.29, 1.82) is 0 Å². The fraction of sp³-hybridized carbons (Fsp3) is 0.786. The average Bonchev–Trinajstić information content (AvgIpc) is 2.95. The molecule has 0 amide bonds. The fourth-order valence-electron chi connectivity index (χ4n) is 2.67. The number of nitrogens with one attached hydrogen (secondary N) is 2. The standard InChI is InChI=1S/C14H25N3O/c1-4-18-14(7-5-6-8-14)13-16-10-12(17-13)9-15-11(2)3/h10-11,15H,4-9H2,1-3H3,(H,16,17). The van der Waals surface area contributed by atoms with Gasteiger partial charge in [0.2, 0.25) is 0 Å². The molecule has 102 valence electrons. The molecule has 2 rings (SSSR count). The van der Waals surface area contributed by atoms with Gasteiger partial charge in [-0.1, -0.05) is 13.8 Å². The molecule has 0 radical (unpaired) electrons. The molecule has 0 saturated heterocycles. The molecular formula is C14H25N3O. The summed E-state index contributed by atoms with van der Waals surface area (Å²) in [5.41, 5.74) is 0.995. The Morgan fingerprint density at radius 2 is 2.17 bits per heavy atom. The summed E-state index contributed by atoms with van der Waals surface area (Å²) in [6.07, 6.45) is 6.58. The van der Waals surface area contributed by atoms with Crippen LogP contribution in [0.25, 0.3) is 0 Å². The van der Waals surface area contributed by atoms with Gasteiger partial charge in [-0.3, -0.25) is 0 Å². The van der Waals surface area contributed by atoms with Gasteiger partial charge in [0.05, 0.1) is 0 Å². The van der Waals surface area contributed by atoms with E-state index in [0.717, 1.165) is 37.5 Å². The Morgan fingerprint density at radius 3 is 2.78 bits per heavy atom. The Morgan fingerprint density at radius 1 is 1.44 bits per heavy atom. The molecule has 1 aliphatic rings. The lowest BCUT2D eigenvalue weighted by Crippen LogP contribution is -2.28. The predicted molar refractivity (Wildman–Crippen MR) is 72.3 cm³/mol. The smallest absolute Gasteiger partial charge is 0.138 e. The van der Waals surface area contributed by atoms with Gasteiger partial charge < -0.3 is 15.0 Å². The van der Waals surface area contributed by atoms with Crippen molar-refractivity contribution in [2.45, 2.75) is 64.6 Å². The van der Waals surface area contributed by atoms with Gasteiger partial charge in [0.1, 0.15) is 11.4 Å². The Bertz CT molecular complexity index is 367. The van der Waals surface area contributed by atoms with Gasteiger partial charge in [-0.2, -0.15) is 0 Å². The van der Waals surface area contributed by atoms with Gasteiger partial charge in [0.15, 0.2) is 0 Å². The topological polar surface area (TPSA) is 49.9 Å². The van der Waals surface area contributed by atoms with Gasteiger partial charge in [0, 0.05) is 31.1 Å². The van der Waals surface area contributed by atoms with Crippen molar-refractivity contribution in [2.24, 2.45) is 0 Å². The summed E-state index contributed by atoms with van der Waals surface area (Å²) in [5.74, 6) is 1.02. The molecule has 0 atom stereocenters. The molecule has 1 aromatic rings. The maximum absolute atomic E-state index is 6.00. The molecule has 1 aromatic heterocycles. The van der Waals surface area contributed by atoms with Crippen molar-refractivity contribution >= 4 is 0 Å². The van der Waals surface area contributed by atoms with Crippen LogP contribution in [0.15, 0.2) is 6.20 Å². The van der Waals surface area contributed by atoms with Crippen LogP contribution in [0.2, 0.25) is 0 Å². The molecule has 0 spiro atoms. The molecule has 1 fully saturated rings.